The van der Waals surface area contributed by atoms with Gasteiger partial charge in [-0.2, -0.15) is 0 Å². The van der Waals surface area contributed by atoms with Crippen molar-refractivity contribution in [2.24, 2.45) is 0 Å². The van der Waals surface area contributed by atoms with Gasteiger partial charge in [-0.25, -0.2) is 0 Å². The van der Waals surface area contributed by atoms with E-state index in [2.05, 4.69) is 17.4 Å². The van der Waals surface area contributed by atoms with E-state index in [9.17, 15) is 9.59 Å². The highest BCUT2D eigenvalue weighted by atomic mass is 35.5. The van der Waals surface area contributed by atoms with Crippen LogP contribution in [0.4, 0.5) is 5.69 Å². The van der Waals surface area contributed by atoms with Crippen molar-refractivity contribution in [3.05, 3.63) is 65.2 Å². The molecule has 0 bridgehead atoms. The third-order valence-electron chi connectivity index (χ3n) is 4.72. The molecule has 0 radical (unpaired) electrons. The maximum absolute atomic E-state index is 12.4. The van der Waals surface area contributed by atoms with Crippen molar-refractivity contribution in [1.82, 2.24) is 4.90 Å². The molecule has 2 aromatic rings. The molecule has 1 heterocycles. The minimum Gasteiger partial charge on any atom is -0.331 e. The van der Waals surface area contributed by atoms with Gasteiger partial charge in [0, 0.05) is 5.75 Å². The van der Waals surface area contributed by atoms with Gasteiger partial charge >= 0.3 is 0 Å². The molecule has 1 saturated heterocycles. The number of nitrogens with one attached hydrogen (secondary N) is 2. The number of nitrogens with zero attached hydrogens (tertiary/aromatic N) is 1. The van der Waals surface area contributed by atoms with Gasteiger partial charge in [-0.1, -0.05) is 54.1 Å². The molecule has 7 heteroatoms. The molecule has 28 heavy (non-hydrogen) atoms. The number of piperazine rings is 1. The van der Waals surface area contributed by atoms with E-state index in [0.717, 1.165) is 18.8 Å². The van der Waals surface area contributed by atoms with Crippen molar-refractivity contribution in [3.63, 3.8) is 0 Å². The van der Waals surface area contributed by atoms with Crippen molar-refractivity contribution >= 4 is 40.9 Å². The van der Waals surface area contributed by atoms with E-state index in [4.69, 9.17) is 11.6 Å². The number of carbonyl (C=O) groups is 2. The highest BCUT2D eigenvalue weighted by Crippen LogP contribution is 2.20. The summed E-state index contributed by atoms with van der Waals surface area (Å²) in [5.41, 5.74) is 1.87. The predicted octanol–water partition coefficient (Wildman–Crippen LogP) is 1.94. The summed E-state index contributed by atoms with van der Waals surface area (Å²) in [5, 5.41) is 3.40. The zero-order valence-corrected chi connectivity index (χ0v) is 17.3. The van der Waals surface area contributed by atoms with Gasteiger partial charge in [0.1, 0.15) is 0 Å². The molecule has 148 valence electrons. The van der Waals surface area contributed by atoms with Crippen molar-refractivity contribution in [3.8, 4) is 0 Å². The second-order valence-electron chi connectivity index (χ2n) is 6.81. The fraction of sp³-hybridized carbons (Fsp3) is 0.333. The van der Waals surface area contributed by atoms with Crippen LogP contribution in [0.3, 0.4) is 0 Å². The molecule has 0 unspecified atom stereocenters. The summed E-state index contributed by atoms with van der Waals surface area (Å²) in [6.07, 6.45) is 0. The molecule has 1 aliphatic heterocycles. The number of quaternary nitrogens is 1. The van der Waals surface area contributed by atoms with Crippen molar-refractivity contribution in [2.45, 2.75) is 5.75 Å². The quantitative estimate of drug-likeness (QED) is 0.722. The van der Waals surface area contributed by atoms with Crippen LogP contribution >= 0.6 is 23.4 Å². The molecule has 1 fully saturated rings. The Labute approximate surface area is 175 Å². The predicted molar refractivity (Wildman–Crippen MR) is 115 cm³/mol. The topological polar surface area (TPSA) is 53.9 Å². The Hall–Kier alpha value is -2.02. The van der Waals surface area contributed by atoms with Crippen LogP contribution in [-0.2, 0) is 15.3 Å². The lowest BCUT2D eigenvalue weighted by molar-refractivity contribution is -0.895. The number of thioether (sulfide) groups is 1. The third kappa shape index (κ3) is 6.26. The van der Waals surface area contributed by atoms with Crippen LogP contribution in [0.1, 0.15) is 5.56 Å². The lowest BCUT2D eigenvalue weighted by atomic mass is 10.2. The van der Waals surface area contributed by atoms with E-state index in [-0.39, 0.29) is 11.8 Å². The number of hydrogen-bond donors (Lipinski definition) is 2. The minimum absolute atomic E-state index is 0.0544. The second kappa shape index (κ2) is 10.5. The van der Waals surface area contributed by atoms with Gasteiger partial charge in [0.15, 0.2) is 6.54 Å². The first-order valence-corrected chi connectivity index (χ1v) is 10.9. The van der Waals surface area contributed by atoms with Crippen LogP contribution in [-0.4, -0.2) is 55.2 Å². The molecule has 3 rings (SSSR count). The minimum atomic E-state index is -0.0544. The number of hydrogen-bond acceptors (Lipinski definition) is 3. The van der Waals surface area contributed by atoms with Crippen molar-refractivity contribution < 1.29 is 14.5 Å². The number of halogens is 1. The smallest absolute Gasteiger partial charge is 0.279 e. The summed E-state index contributed by atoms with van der Waals surface area (Å²) in [6.45, 7) is 3.34. The van der Waals surface area contributed by atoms with E-state index in [1.54, 1.807) is 23.9 Å². The monoisotopic (exact) mass is 418 g/mol. The Balaban J connectivity index is 1.36. The fourth-order valence-electron chi connectivity index (χ4n) is 3.15. The Morgan fingerprint density at radius 3 is 2.43 bits per heavy atom. The molecule has 1 aliphatic rings. The van der Waals surface area contributed by atoms with E-state index in [0.29, 0.717) is 36.1 Å². The maximum atomic E-state index is 12.4. The summed E-state index contributed by atoms with van der Waals surface area (Å²) < 4.78 is 0. The second-order valence-corrected chi connectivity index (χ2v) is 8.21. The zero-order chi connectivity index (χ0) is 19.8. The SMILES string of the molecule is O=C(C[NH+]1CCN(C(=O)CSCc2ccccc2)CC1)Nc1ccccc1Cl. The molecule has 2 amide bonds. The van der Waals surface area contributed by atoms with Gasteiger partial charge < -0.3 is 15.1 Å². The highest BCUT2D eigenvalue weighted by molar-refractivity contribution is 7.99. The first kappa shape index (κ1) is 20.7. The molecule has 5 nitrogen and oxygen atoms in total. The number of carbonyl (C=O) groups excluding carboxylic acids is 2. The lowest BCUT2D eigenvalue weighted by Crippen LogP contribution is -3.15. The summed E-state index contributed by atoms with van der Waals surface area (Å²) in [4.78, 5) is 27.7. The van der Waals surface area contributed by atoms with Crippen LogP contribution in [0.5, 0.6) is 0 Å². The van der Waals surface area contributed by atoms with Crippen LogP contribution in [0, 0.1) is 0 Å². The molecular formula is C21H25ClN3O2S+. The van der Waals surface area contributed by atoms with E-state index in [1.165, 1.54) is 10.5 Å². The maximum Gasteiger partial charge on any atom is 0.279 e. The average Bonchev–Trinajstić information content (AvgIpc) is 2.71. The van der Waals surface area contributed by atoms with Gasteiger partial charge in [-0.15, -0.1) is 11.8 Å². The first-order chi connectivity index (χ1) is 13.6. The van der Waals surface area contributed by atoms with Gasteiger partial charge in [0.2, 0.25) is 5.91 Å². The number of anilines is 1. The molecule has 0 spiro atoms. The van der Waals surface area contributed by atoms with Crippen molar-refractivity contribution in [1.29, 1.82) is 0 Å². The van der Waals surface area contributed by atoms with Crippen molar-refractivity contribution in [2.75, 3.05) is 43.8 Å². The van der Waals surface area contributed by atoms with Crippen LogP contribution in [0.15, 0.2) is 54.6 Å². The summed E-state index contributed by atoms with van der Waals surface area (Å²) in [6, 6.07) is 17.4. The standard InChI is InChI=1S/C21H24ClN3O2S/c22-18-8-4-5-9-19(18)23-20(26)14-24-10-12-25(13-11-24)21(27)16-28-15-17-6-2-1-3-7-17/h1-9H,10-16H2,(H,23,26)/p+1. The first-order valence-electron chi connectivity index (χ1n) is 9.39. The number of rotatable bonds is 7. The summed E-state index contributed by atoms with van der Waals surface area (Å²) in [5.74, 6) is 1.47. The van der Waals surface area contributed by atoms with Crippen LogP contribution < -0.4 is 10.2 Å². The van der Waals surface area contributed by atoms with E-state index < -0.39 is 0 Å². The molecule has 2 aromatic carbocycles. The number of amides is 2. The van der Waals surface area contributed by atoms with Gasteiger partial charge in [-0.05, 0) is 17.7 Å². The average molecular weight is 419 g/mol. The third-order valence-corrected chi connectivity index (χ3v) is 6.04. The number of para-hydroxylation sites is 1. The Kier molecular flexibility index (Phi) is 7.77. The van der Waals surface area contributed by atoms with Crippen LogP contribution in [0.25, 0.3) is 0 Å². The van der Waals surface area contributed by atoms with E-state index >= 15 is 0 Å². The highest BCUT2D eigenvalue weighted by Gasteiger charge is 2.25. The zero-order valence-electron chi connectivity index (χ0n) is 15.7. The molecule has 2 N–H and O–H groups in total. The van der Waals surface area contributed by atoms with Gasteiger partial charge in [-0.3, -0.25) is 9.59 Å². The molecule has 0 saturated carbocycles. The molecule has 0 aliphatic carbocycles. The Bertz CT molecular complexity index is 795. The Morgan fingerprint density at radius 2 is 1.71 bits per heavy atom. The summed E-state index contributed by atoms with van der Waals surface area (Å²) in [7, 11) is 0. The van der Waals surface area contributed by atoms with Crippen LogP contribution in [0.2, 0.25) is 5.02 Å². The van der Waals surface area contributed by atoms with Gasteiger partial charge in [0.25, 0.3) is 5.91 Å². The van der Waals surface area contributed by atoms with E-state index in [1.807, 2.05) is 35.2 Å². The number of benzene rings is 2. The Morgan fingerprint density at radius 1 is 1.04 bits per heavy atom. The largest absolute Gasteiger partial charge is 0.331 e. The summed E-state index contributed by atoms with van der Waals surface area (Å²) >= 11 is 7.73. The normalized spacial score (nSPS) is 14.7. The molecular weight excluding hydrogens is 394 g/mol. The molecule has 0 atom stereocenters. The lowest BCUT2D eigenvalue weighted by Gasteiger charge is -2.31. The van der Waals surface area contributed by atoms with Gasteiger partial charge in [0.05, 0.1) is 42.6 Å². The fourth-order valence-corrected chi connectivity index (χ4v) is 4.23. The molecule has 0 aromatic heterocycles.